The molecule has 80 valence electrons. The van der Waals surface area contributed by atoms with E-state index in [9.17, 15) is 9.59 Å². The summed E-state index contributed by atoms with van der Waals surface area (Å²) in [4.78, 5) is 22.1. The molecule has 0 radical (unpaired) electrons. The average molecular weight is 208 g/mol. The monoisotopic (exact) mass is 208 g/mol. The number of Topliss-reactive ketones (excluding diaryl/α,β-unsaturated/α-hetero) is 1. The first-order valence-electron chi connectivity index (χ1n) is 4.30. The maximum Gasteiger partial charge on any atom is 0.308 e. The van der Waals surface area contributed by atoms with Gasteiger partial charge in [-0.15, -0.1) is 0 Å². The number of benzene rings is 1. The van der Waals surface area contributed by atoms with E-state index in [1.165, 1.54) is 14.0 Å². The van der Waals surface area contributed by atoms with Gasteiger partial charge in [-0.3, -0.25) is 9.59 Å². The fourth-order valence-corrected chi connectivity index (χ4v) is 1.05. The van der Waals surface area contributed by atoms with Gasteiger partial charge in [0.1, 0.15) is 5.75 Å². The second-order valence-electron chi connectivity index (χ2n) is 2.93. The molecule has 0 spiro atoms. The fraction of sp³-hybridized carbons (Fsp3) is 0.200. The third-order valence-electron chi connectivity index (χ3n) is 1.85. The maximum absolute atomic E-state index is 11.3. The lowest BCUT2D eigenvalue weighted by molar-refractivity contribution is -0.135. The van der Waals surface area contributed by atoms with Crippen molar-refractivity contribution in [3.63, 3.8) is 0 Å². The zero-order valence-corrected chi connectivity index (χ0v) is 8.56. The van der Waals surface area contributed by atoms with Crippen molar-refractivity contribution in [2.24, 2.45) is 5.84 Å². The van der Waals surface area contributed by atoms with Gasteiger partial charge in [-0.2, -0.15) is 0 Å². The number of ether oxygens (including phenoxy) is 1. The van der Waals surface area contributed by atoms with Crippen molar-refractivity contribution >= 4 is 17.4 Å². The van der Waals surface area contributed by atoms with Gasteiger partial charge in [-0.05, 0) is 12.1 Å². The fourth-order valence-electron chi connectivity index (χ4n) is 1.05. The van der Waals surface area contributed by atoms with Crippen molar-refractivity contribution in [3.8, 4) is 5.75 Å². The van der Waals surface area contributed by atoms with E-state index in [1.807, 2.05) is 0 Å². The van der Waals surface area contributed by atoms with E-state index in [-0.39, 0.29) is 0 Å². The van der Waals surface area contributed by atoms with Crippen molar-refractivity contribution in [1.82, 2.24) is 0 Å². The number of ketones is 1. The topological polar surface area (TPSA) is 72.6 Å². The number of nitrogens with two attached hydrogens (primary N) is 1. The molecule has 0 aliphatic heterocycles. The van der Waals surface area contributed by atoms with E-state index in [4.69, 9.17) is 10.6 Å². The lowest BCUT2D eigenvalue weighted by Crippen LogP contribution is -2.41. The van der Waals surface area contributed by atoms with E-state index < -0.39 is 11.7 Å². The Labute approximate surface area is 87.4 Å². The van der Waals surface area contributed by atoms with Gasteiger partial charge in [0.25, 0.3) is 0 Å². The van der Waals surface area contributed by atoms with Crippen molar-refractivity contribution in [2.75, 3.05) is 12.1 Å². The number of nitrogens with zero attached hydrogens (tertiary/aromatic N) is 1. The van der Waals surface area contributed by atoms with Crippen LogP contribution in [-0.2, 0) is 9.59 Å². The molecule has 0 bridgehead atoms. The molecular formula is C10H12N2O3. The van der Waals surface area contributed by atoms with Crippen LogP contribution >= 0.6 is 0 Å². The summed E-state index contributed by atoms with van der Waals surface area (Å²) in [7, 11) is 1.51. The molecule has 0 aliphatic carbocycles. The van der Waals surface area contributed by atoms with Gasteiger partial charge >= 0.3 is 5.91 Å². The molecule has 0 saturated carbocycles. The van der Waals surface area contributed by atoms with Crippen LogP contribution in [-0.4, -0.2) is 18.8 Å². The van der Waals surface area contributed by atoms with E-state index in [0.717, 1.165) is 5.01 Å². The summed E-state index contributed by atoms with van der Waals surface area (Å²) in [6.07, 6.45) is 0. The summed E-state index contributed by atoms with van der Waals surface area (Å²) < 4.78 is 4.97. The minimum Gasteiger partial charge on any atom is -0.497 e. The number of rotatable bonds is 3. The molecule has 0 unspecified atom stereocenters. The first kappa shape index (κ1) is 11.2. The minimum atomic E-state index is -0.761. The number of methoxy groups -OCH3 is 1. The Hall–Kier alpha value is -1.88. The van der Waals surface area contributed by atoms with E-state index in [2.05, 4.69) is 0 Å². The van der Waals surface area contributed by atoms with Crippen LogP contribution in [0, 0.1) is 0 Å². The molecule has 2 N–H and O–H groups in total. The second kappa shape index (κ2) is 4.56. The van der Waals surface area contributed by atoms with Crippen LogP contribution < -0.4 is 15.6 Å². The number of hydrazine groups is 1. The van der Waals surface area contributed by atoms with Crippen LogP contribution in [0.15, 0.2) is 24.3 Å². The summed E-state index contributed by atoms with van der Waals surface area (Å²) in [5, 5.41) is 0.796. The third-order valence-corrected chi connectivity index (χ3v) is 1.85. The van der Waals surface area contributed by atoms with Gasteiger partial charge in [-0.25, -0.2) is 10.9 Å². The third kappa shape index (κ3) is 2.54. The minimum absolute atomic E-state index is 0.412. The number of hydrogen-bond acceptors (Lipinski definition) is 4. The predicted octanol–water partition coefficient (Wildman–Crippen LogP) is 0.491. The molecule has 15 heavy (non-hydrogen) atoms. The highest BCUT2D eigenvalue weighted by Crippen LogP contribution is 2.18. The smallest absolute Gasteiger partial charge is 0.308 e. The molecule has 0 saturated heterocycles. The second-order valence-corrected chi connectivity index (χ2v) is 2.93. The zero-order valence-electron chi connectivity index (χ0n) is 8.56. The van der Waals surface area contributed by atoms with Crippen LogP contribution in [0.25, 0.3) is 0 Å². The molecule has 0 fully saturated rings. The predicted molar refractivity (Wildman–Crippen MR) is 55.3 cm³/mol. The quantitative estimate of drug-likeness (QED) is 0.339. The molecule has 5 nitrogen and oxygen atoms in total. The Morgan fingerprint density at radius 2 is 2.07 bits per heavy atom. The van der Waals surface area contributed by atoms with Crippen molar-refractivity contribution in [3.05, 3.63) is 24.3 Å². The lowest BCUT2D eigenvalue weighted by atomic mass is 10.3. The average Bonchev–Trinajstić information content (AvgIpc) is 2.27. The maximum atomic E-state index is 11.3. The first-order chi connectivity index (χ1) is 7.06. The van der Waals surface area contributed by atoms with Gasteiger partial charge in [-0.1, -0.05) is 6.07 Å². The van der Waals surface area contributed by atoms with Gasteiger partial charge in [0.2, 0.25) is 5.78 Å². The van der Waals surface area contributed by atoms with E-state index >= 15 is 0 Å². The Morgan fingerprint density at radius 3 is 2.60 bits per heavy atom. The van der Waals surface area contributed by atoms with Crippen molar-refractivity contribution in [2.45, 2.75) is 6.92 Å². The van der Waals surface area contributed by atoms with Gasteiger partial charge in [0, 0.05) is 13.0 Å². The zero-order chi connectivity index (χ0) is 11.4. The van der Waals surface area contributed by atoms with Gasteiger partial charge < -0.3 is 4.74 Å². The van der Waals surface area contributed by atoms with Crippen LogP contribution in [0.5, 0.6) is 5.75 Å². The molecule has 0 atom stereocenters. The van der Waals surface area contributed by atoms with Crippen molar-refractivity contribution in [1.29, 1.82) is 0 Å². The van der Waals surface area contributed by atoms with E-state index in [1.54, 1.807) is 24.3 Å². The standard InChI is InChI=1S/C10H12N2O3/c1-7(13)10(14)12(11)8-4-3-5-9(6-8)15-2/h3-6H,11H2,1-2H3. The SMILES string of the molecule is COc1cccc(N(N)C(=O)C(C)=O)c1. The summed E-state index contributed by atoms with van der Waals surface area (Å²) in [6, 6.07) is 6.58. The van der Waals surface area contributed by atoms with Crippen LogP contribution in [0.4, 0.5) is 5.69 Å². The highest BCUT2D eigenvalue weighted by molar-refractivity contribution is 6.40. The summed E-state index contributed by atoms with van der Waals surface area (Å²) in [5.74, 6) is 4.67. The molecule has 0 aromatic heterocycles. The van der Waals surface area contributed by atoms with Crippen LogP contribution in [0.2, 0.25) is 0 Å². The Morgan fingerprint density at radius 1 is 1.40 bits per heavy atom. The van der Waals surface area contributed by atoms with Crippen LogP contribution in [0.1, 0.15) is 6.92 Å². The molecule has 1 amide bonds. The number of carbonyl (C=O) groups is 2. The molecule has 0 heterocycles. The largest absolute Gasteiger partial charge is 0.497 e. The molecule has 0 aliphatic rings. The molecule has 1 aromatic rings. The number of hydrogen-bond donors (Lipinski definition) is 1. The highest BCUT2D eigenvalue weighted by atomic mass is 16.5. The summed E-state index contributed by atoms with van der Waals surface area (Å²) >= 11 is 0. The van der Waals surface area contributed by atoms with Crippen LogP contribution in [0.3, 0.4) is 0 Å². The molecule has 1 rings (SSSR count). The van der Waals surface area contributed by atoms with Gasteiger partial charge in [0.15, 0.2) is 0 Å². The summed E-state index contributed by atoms with van der Waals surface area (Å²) in [6.45, 7) is 1.17. The molecular weight excluding hydrogens is 196 g/mol. The van der Waals surface area contributed by atoms with E-state index in [0.29, 0.717) is 11.4 Å². The molecule has 5 heteroatoms. The Balaban J connectivity index is 2.95. The van der Waals surface area contributed by atoms with Gasteiger partial charge in [0.05, 0.1) is 12.8 Å². The molecule has 1 aromatic carbocycles. The summed E-state index contributed by atoms with van der Waals surface area (Å²) in [5.41, 5.74) is 0.412. The normalized spacial score (nSPS) is 9.53. The van der Waals surface area contributed by atoms with Crippen molar-refractivity contribution < 1.29 is 14.3 Å². The number of amides is 1. The Bertz CT molecular complexity index is 390. The highest BCUT2D eigenvalue weighted by Gasteiger charge is 2.16. The first-order valence-corrected chi connectivity index (χ1v) is 4.30. The lowest BCUT2D eigenvalue weighted by Gasteiger charge is -2.15. The number of carbonyl (C=O) groups excluding carboxylic acids is 2. The Kier molecular flexibility index (Phi) is 3.41. The number of anilines is 1.